The molecule has 2 unspecified atom stereocenters. The number of hydrogen-bond donors (Lipinski definition) is 5. The van der Waals surface area contributed by atoms with E-state index in [-0.39, 0.29) is 51.6 Å². The third kappa shape index (κ3) is 5.51. The Labute approximate surface area is 176 Å². The van der Waals surface area contributed by atoms with E-state index in [4.69, 9.17) is 0 Å². The lowest BCUT2D eigenvalue weighted by Crippen LogP contribution is -2.34. The van der Waals surface area contributed by atoms with Gasteiger partial charge in [-0.2, -0.15) is 0 Å². The van der Waals surface area contributed by atoms with E-state index < -0.39 is 18.0 Å². The van der Waals surface area contributed by atoms with E-state index in [1.54, 1.807) is 0 Å². The number of amidine groups is 1. The molecule has 1 fully saturated rings. The number of aliphatic hydroxyl groups is 2. The summed E-state index contributed by atoms with van der Waals surface area (Å²) in [5.41, 5.74) is 2.28. The van der Waals surface area contributed by atoms with Crippen LogP contribution in [0, 0.1) is 5.82 Å². The summed E-state index contributed by atoms with van der Waals surface area (Å²) in [4.78, 5) is 16.2. The lowest BCUT2D eigenvalue weighted by Gasteiger charge is -2.11. The number of carbonyl (C=O) groups is 1. The minimum atomic E-state index is -0.847. The quantitative estimate of drug-likeness (QED) is 0.174. The van der Waals surface area contributed by atoms with Crippen LogP contribution in [0.3, 0.4) is 0 Å². The predicted molar refractivity (Wildman–Crippen MR) is 103 cm³/mol. The average molecular weight is 490 g/mol. The van der Waals surface area contributed by atoms with Crippen LogP contribution in [0.2, 0.25) is 0 Å². The molecular formula is C16H17BrFN5O5S. The van der Waals surface area contributed by atoms with Crippen LogP contribution < -0.4 is 10.8 Å². The summed E-state index contributed by atoms with van der Waals surface area (Å²) in [5.74, 6) is -0.928. The van der Waals surface area contributed by atoms with Crippen LogP contribution in [0.25, 0.3) is 0 Å². The summed E-state index contributed by atoms with van der Waals surface area (Å²) in [5, 5.41) is 38.8. The van der Waals surface area contributed by atoms with Gasteiger partial charge in [0, 0.05) is 6.04 Å². The van der Waals surface area contributed by atoms with E-state index in [2.05, 4.69) is 41.2 Å². The number of hydroxylamine groups is 1. The van der Waals surface area contributed by atoms with Crippen molar-refractivity contribution in [2.24, 2.45) is 4.99 Å². The fraction of sp³-hybridized carbons (Fsp3) is 0.375. The molecule has 3 rings (SSSR count). The van der Waals surface area contributed by atoms with Crippen molar-refractivity contribution in [3.63, 3.8) is 0 Å². The first-order valence-corrected chi connectivity index (χ1v) is 10.2. The molecule has 1 aliphatic rings. The van der Waals surface area contributed by atoms with Crippen molar-refractivity contribution >= 4 is 45.1 Å². The number of nitrogens with zero attached hydrogens (tertiary/aromatic N) is 3. The SMILES string of the molecule is O=C(CSc1nonc1C(=Nc1ccc(F)c(Br)c1)NO)NC1CC(O)C(O)C1. The summed E-state index contributed by atoms with van der Waals surface area (Å²) in [6.07, 6.45) is -1.13. The highest BCUT2D eigenvalue weighted by Crippen LogP contribution is 2.25. The minimum Gasteiger partial charge on any atom is -0.390 e. The molecule has 1 aromatic heterocycles. The molecule has 10 nitrogen and oxygen atoms in total. The van der Waals surface area contributed by atoms with Gasteiger partial charge in [0.15, 0.2) is 16.6 Å². The maximum atomic E-state index is 13.4. The first kappa shape index (κ1) is 21.6. The van der Waals surface area contributed by atoms with Crippen LogP contribution in [-0.4, -0.2) is 61.5 Å². The van der Waals surface area contributed by atoms with Gasteiger partial charge in [-0.1, -0.05) is 11.8 Å². The number of amides is 1. The van der Waals surface area contributed by atoms with Gasteiger partial charge < -0.3 is 15.5 Å². The molecule has 0 bridgehead atoms. The van der Waals surface area contributed by atoms with Crippen molar-refractivity contribution in [2.75, 3.05) is 5.75 Å². The number of benzene rings is 1. The lowest BCUT2D eigenvalue weighted by atomic mass is 10.2. The van der Waals surface area contributed by atoms with Crippen LogP contribution in [0.1, 0.15) is 18.5 Å². The Morgan fingerprint density at radius 1 is 1.34 bits per heavy atom. The van der Waals surface area contributed by atoms with Gasteiger partial charge in [-0.25, -0.2) is 14.0 Å². The monoisotopic (exact) mass is 489 g/mol. The highest BCUT2D eigenvalue weighted by Gasteiger charge is 2.32. The van der Waals surface area contributed by atoms with Crippen molar-refractivity contribution in [3.8, 4) is 0 Å². The highest BCUT2D eigenvalue weighted by atomic mass is 79.9. The Balaban J connectivity index is 1.65. The van der Waals surface area contributed by atoms with E-state index in [9.17, 15) is 24.6 Å². The first-order chi connectivity index (χ1) is 13.9. The molecular weight excluding hydrogens is 473 g/mol. The Kier molecular flexibility index (Phi) is 7.18. The summed E-state index contributed by atoms with van der Waals surface area (Å²) >= 11 is 4.05. The van der Waals surface area contributed by atoms with Crippen molar-refractivity contribution in [1.29, 1.82) is 0 Å². The molecule has 5 N–H and O–H groups in total. The van der Waals surface area contributed by atoms with Crippen LogP contribution in [0.15, 0.2) is 37.3 Å². The maximum Gasteiger partial charge on any atom is 0.230 e. The number of aliphatic imine (C=N–C) groups is 1. The molecule has 1 aromatic carbocycles. The topological polar surface area (TPSA) is 153 Å². The van der Waals surface area contributed by atoms with Crippen molar-refractivity contribution in [3.05, 3.63) is 34.2 Å². The molecule has 0 saturated heterocycles. The van der Waals surface area contributed by atoms with Gasteiger partial charge in [0.05, 0.1) is 28.1 Å². The maximum absolute atomic E-state index is 13.4. The summed E-state index contributed by atoms with van der Waals surface area (Å²) in [6.45, 7) is 0. The normalized spacial score (nSPS) is 22.0. The Morgan fingerprint density at radius 3 is 2.72 bits per heavy atom. The van der Waals surface area contributed by atoms with E-state index in [1.165, 1.54) is 18.2 Å². The molecule has 13 heteroatoms. The second kappa shape index (κ2) is 9.63. The molecule has 1 saturated carbocycles. The van der Waals surface area contributed by atoms with Gasteiger partial charge in [-0.3, -0.25) is 15.5 Å². The van der Waals surface area contributed by atoms with Crippen LogP contribution in [0.5, 0.6) is 0 Å². The molecule has 1 heterocycles. The van der Waals surface area contributed by atoms with Gasteiger partial charge in [0.1, 0.15) is 5.82 Å². The third-order valence-electron chi connectivity index (χ3n) is 4.13. The number of aliphatic hydroxyl groups excluding tert-OH is 2. The van der Waals surface area contributed by atoms with E-state index in [0.29, 0.717) is 5.69 Å². The average Bonchev–Trinajstić information content (AvgIpc) is 3.27. The Morgan fingerprint density at radius 2 is 2.07 bits per heavy atom. The first-order valence-electron chi connectivity index (χ1n) is 8.42. The number of carbonyl (C=O) groups excluding carboxylic acids is 1. The molecule has 1 aliphatic carbocycles. The molecule has 29 heavy (non-hydrogen) atoms. The van der Waals surface area contributed by atoms with E-state index in [1.807, 2.05) is 5.48 Å². The number of aromatic nitrogens is 2. The van der Waals surface area contributed by atoms with Crippen molar-refractivity contribution < 1.29 is 29.2 Å². The van der Waals surface area contributed by atoms with Crippen LogP contribution >= 0.6 is 27.7 Å². The lowest BCUT2D eigenvalue weighted by molar-refractivity contribution is -0.119. The van der Waals surface area contributed by atoms with Crippen molar-refractivity contribution in [1.82, 2.24) is 21.1 Å². The number of hydrogen-bond acceptors (Lipinski definition) is 9. The van der Waals surface area contributed by atoms with E-state index in [0.717, 1.165) is 11.8 Å². The van der Waals surface area contributed by atoms with E-state index >= 15 is 0 Å². The fourth-order valence-corrected chi connectivity index (χ4v) is 3.82. The largest absolute Gasteiger partial charge is 0.390 e. The second-order valence-corrected chi connectivity index (χ2v) is 8.07. The van der Waals surface area contributed by atoms with Gasteiger partial charge in [-0.05, 0) is 57.3 Å². The number of halogens is 2. The summed E-state index contributed by atoms with van der Waals surface area (Å²) in [6, 6.07) is 3.70. The second-order valence-electron chi connectivity index (χ2n) is 6.25. The molecule has 0 aliphatic heterocycles. The summed E-state index contributed by atoms with van der Waals surface area (Å²) in [7, 11) is 0. The van der Waals surface area contributed by atoms with Crippen molar-refractivity contribution in [2.45, 2.75) is 36.1 Å². The van der Waals surface area contributed by atoms with Gasteiger partial charge in [0.2, 0.25) is 5.91 Å². The number of thioether (sulfide) groups is 1. The molecule has 0 radical (unpaired) electrons. The zero-order chi connectivity index (χ0) is 21.0. The fourth-order valence-electron chi connectivity index (χ4n) is 2.75. The smallest absolute Gasteiger partial charge is 0.230 e. The Bertz CT molecular complexity index is 904. The van der Waals surface area contributed by atoms with Crippen LogP contribution in [-0.2, 0) is 4.79 Å². The molecule has 2 atom stereocenters. The molecule has 1 amide bonds. The van der Waals surface area contributed by atoms with Gasteiger partial charge in [0.25, 0.3) is 0 Å². The third-order valence-corrected chi connectivity index (χ3v) is 5.69. The minimum absolute atomic E-state index is 0.0370. The van der Waals surface area contributed by atoms with Gasteiger partial charge >= 0.3 is 0 Å². The number of rotatable bonds is 6. The van der Waals surface area contributed by atoms with Crippen LogP contribution in [0.4, 0.5) is 10.1 Å². The molecule has 2 aromatic rings. The van der Waals surface area contributed by atoms with Gasteiger partial charge in [-0.15, -0.1) is 0 Å². The molecule has 156 valence electrons. The Hall–Kier alpha value is -2.06. The predicted octanol–water partition coefficient (Wildman–Crippen LogP) is 1.12. The summed E-state index contributed by atoms with van der Waals surface area (Å²) < 4.78 is 18.2. The zero-order valence-electron chi connectivity index (χ0n) is 14.7. The molecule has 0 spiro atoms. The number of nitrogens with one attached hydrogen (secondary N) is 2. The standard InChI is InChI=1S/C16H17BrFN5O5S/c17-9-3-7(1-2-10(9)18)20-15(21-27)14-16(23-28-22-14)29-6-13(26)19-8-4-11(24)12(25)5-8/h1-3,8,11-12,24-25,27H,4-6H2,(H,19,26)(H,20,21). The highest BCUT2D eigenvalue weighted by molar-refractivity contribution is 9.10. The zero-order valence-corrected chi connectivity index (χ0v) is 17.2.